The zero-order chi connectivity index (χ0) is 13.8. The van der Waals surface area contributed by atoms with Crippen LogP contribution >= 0.6 is 11.6 Å². The number of rotatable bonds is 4. The standard InChI is InChI=1S/C16H13ClN2O/c17-14-4-6-15(7-5-14)20-16-3-1-2-13(10-16)11-19-9-8-18-12-19/h1-10,12H,11H2. The van der Waals surface area contributed by atoms with Crippen molar-refractivity contribution in [3.63, 3.8) is 0 Å². The summed E-state index contributed by atoms with van der Waals surface area (Å²) in [4.78, 5) is 4.04. The molecule has 3 rings (SSSR count). The minimum atomic E-state index is 0.700. The van der Waals surface area contributed by atoms with Crippen molar-refractivity contribution >= 4 is 11.6 Å². The maximum atomic E-state index is 5.86. The second-order valence-electron chi connectivity index (χ2n) is 4.44. The Morgan fingerprint density at radius 3 is 2.65 bits per heavy atom. The molecule has 0 amide bonds. The highest BCUT2D eigenvalue weighted by Crippen LogP contribution is 2.24. The van der Waals surface area contributed by atoms with Crippen LogP contribution in [0, 0.1) is 0 Å². The Labute approximate surface area is 122 Å². The first-order valence-electron chi connectivity index (χ1n) is 6.28. The van der Waals surface area contributed by atoms with Gasteiger partial charge in [-0.25, -0.2) is 4.98 Å². The molecule has 1 heterocycles. The quantitative estimate of drug-likeness (QED) is 0.711. The molecule has 2 aromatic carbocycles. The van der Waals surface area contributed by atoms with Crippen molar-refractivity contribution in [2.75, 3.05) is 0 Å². The number of imidazole rings is 1. The van der Waals surface area contributed by atoms with E-state index >= 15 is 0 Å². The van der Waals surface area contributed by atoms with E-state index in [9.17, 15) is 0 Å². The van der Waals surface area contributed by atoms with Gasteiger partial charge in [-0.15, -0.1) is 0 Å². The van der Waals surface area contributed by atoms with Gasteiger partial charge in [0.05, 0.1) is 6.33 Å². The van der Waals surface area contributed by atoms with E-state index in [1.165, 1.54) is 0 Å². The predicted molar refractivity (Wildman–Crippen MR) is 79.3 cm³/mol. The zero-order valence-electron chi connectivity index (χ0n) is 10.7. The summed E-state index contributed by atoms with van der Waals surface area (Å²) in [5, 5.41) is 0.700. The number of aromatic nitrogens is 2. The van der Waals surface area contributed by atoms with E-state index < -0.39 is 0 Å². The Hall–Kier alpha value is -2.26. The third-order valence-corrected chi connectivity index (χ3v) is 3.12. The fourth-order valence-electron chi connectivity index (χ4n) is 1.94. The summed E-state index contributed by atoms with van der Waals surface area (Å²) >= 11 is 5.86. The predicted octanol–water partition coefficient (Wildman–Crippen LogP) is 4.38. The normalized spacial score (nSPS) is 10.4. The first kappa shape index (κ1) is 12.8. The van der Waals surface area contributed by atoms with Crippen LogP contribution in [-0.4, -0.2) is 9.55 Å². The fourth-order valence-corrected chi connectivity index (χ4v) is 2.06. The van der Waals surface area contributed by atoms with Gasteiger partial charge in [0, 0.05) is 24.0 Å². The molecular formula is C16H13ClN2O. The molecule has 0 aliphatic heterocycles. The molecule has 100 valence electrons. The van der Waals surface area contributed by atoms with Crippen molar-refractivity contribution < 1.29 is 4.74 Å². The van der Waals surface area contributed by atoms with Crippen LogP contribution in [0.3, 0.4) is 0 Å². The molecule has 0 atom stereocenters. The Kier molecular flexibility index (Phi) is 3.70. The van der Waals surface area contributed by atoms with Gasteiger partial charge in [-0.1, -0.05) is 23.7 Å². The van der Waals surface area contributed by atoms with E-state index in [1.54, 1.807) is 12.5 Å². The molecule has 0 radical (unpaired) electrons. The van der Waals surface area contributed by atoms with Crippen LogP contribution in [0.1, 0.15) is 5.56 Å². The summed E-state index contributed by atoms with van der Waals surface area (Å²) in [5.74, 6) is 1.58. The summed E-state index contributed by atoms with van der Waals surface area (Å²) in [6.45, 7) is 0.776. The van der Waals surface area contributed by atoms with E-state index in [4.69, 9.17) is 16.3 Å². The van der Waals surface area contributed by atoms with Gasteiger partial charge < -0.3 is 9.30 Å². The third kappa shape index (κ3) is 3.19. The van der Waals surface area contributed by atoms with Crippen molar-refractivity contribution in [1.82, 2.24) is 9.55 Å². The molecule has 0 N–H and O–H groups in total. The maximum Gasteiger partial charge on any atom is 0.127 e. The molecule has 0 fully saturated rings. The molecule has 20 heavy (non-hydrogen) atoms. The van der Waals surface area contributed by atoms with Crippen molar-refractivity contribution in [2.45, 2.75) is 6.54 Å². The summed E-state index contributed by atoms with van der Waals surface area (Å²) < 4.78 is 7.82. The van der Waals surface area contributed by atoms with Crippen LogP contribution in [0.2, 0.25) is 5.02 Å². The molecule has 0 aliphatic carbocycles. The Bertz CT molecular complexity index is 678. The van der Waals surface area contributed by atoms with Gasteiger partial charge >= 0.3 is 0 Å². The van der Waals surface area contributed by atoms with E-state index in [2.05, 4.69) is 11.1 Å². The van der Waals surface area contributed by atoms with Gasteiger partial charge in [0.1, 0.15) is 11.5 Å². The van der Waals surface area contributed by atoms with E-state index in [-0.39, 0.29) is 0 Å². The van der Waals surface area contributed by atoms with Gasteiger partial charge in [-0.3, -0.25) is 0 Å². The molecule has 0 saturated carbocycles. The van der Waals surface area contributed by atoms with E-state index in [0.29, 0.717) is 5.02 Å². The average molecular weight is 285 g/mol. The minimum Gasteiger partial charge on any atom is -0.457 e. The molecule has 4 heteroatoms. The molecule has 0 unspecified atom stereocenters. The van der Waals surface area contributed by atoms with Crippen molar-refractivity contribution in [1.29, 1.82) is 0 Å². The van der Waals surface area contributed by atoms with E-state index in [0.717, 1.165) is 23.6 Å². The van der Waals surface area contributed by atoms with Gasteiger partial charge in [-0.2, -0.15) is 0 Å². The van der Waals surface area contributed by atoms with Gasteiger partial charge in [0.2, 0.25) is 0 Å². The first-order valence-corrected chi connectivity index (χ1v) is 6.65. The highest BCUT2D eigenvalue weighted by Gasteiger charge is 2.00. The molecular weight excluding hydrogens is 272 g/mol. The first-order chi connectivity index (χ1) is 9.79. The smallest absolute Gasteiger partial charge is 0.127 e. The number of hydrogen-bond acceptors (Lipinski definition) is 2. The number of halogens is 1. The second kappa shape index (κ2) is 5.80. The number of ether oxygens (including phenoxy) is 1. The van der Waals surface area contributed by atoms with Gasteiger partial charge in [-0.05, 0) is 42.0 Å². The lowest BCUT2D eigenvalue weighted by atomic mass is 10.2. The van der Waals surface area contributed by atoms with Crippen LogP contribution in [0.25, 0.3) is 0 Å². The Morgan fingerprint density at radius 2 is 1.90 bits per heavy atom. The third-order valence-electron chi connectivity index (χ3n) is 2.87. The second-order valence-corrected chi connectivity index (χ2v) is 4.87. The number of benzene rings is 2. The molecule has 3 aromatic rings. The monoisotopic (exact) mass is 284 g/mol. The van der Waals surface area contributed by atoms with Crippen LogP contribution in [0.4, 0.5) is 0 Å². The lowest BCUT2D eigenvalue weighted by molar-refractivity contribution is 0.481. The largest absolute Gasteiger partial charge is 0.457 e. The van der Waals surface area contributed by atoms with Crippen molar-refractivity contribution in [2.24, 2.45) is 0 Å². The topological polar surface area (TPSA) is 27.1 Å². The van der Waals surface area contributed by atoms with Gasteiger partial charge in [0.25, 0.3) is 0 Å². The van der Waals surface area contributed by atoms with Crippen LogP contribution < -0.4 is 4.74 Å². The zero-order valence-corrected chi connectivity index (χ0v) is 11.5. The van der Waals surface area contributed by atoms with Crippen LogP contribution in [0.5, 0.6) is 11.5 Å². The van der Waals surface area contributed by atoms with Gasteiger partial charge in [0.15, 0.2) is 0 Å². The number of nitrogens with zero attached hydrogens (tertiary/aromatic N) is 2. The molecule has 0 spiro atoms. The lowest BCUT2D eigenvalue weighted by Crippen LogP contribution is -1.96. The molecule has 3 nitrogen and oxygen atoms in total. The molecule has 0 bridgehead atoms. The maximum absolute atomic E-state index is 5.86. The SMILES string of the molecule is Clc1ccc(Oc2cccc(Cn3ccnc3)c2)cc1. The summed E-state index contributed by atoms with van der Waals surface area (Å²) in [6, 6.07) is 15.3. The van der Waals surface area contributed by atoms with Crippen LogP contribution in [0.15, 0.2) is 67.3 Å². The Balaban J connectivity index is 1.75. The minimum absolute atomic E-state index is 0.700. The Morgan fingerprint density at radius 1 is 1.05 bits per heavy atom. The van der Waals surface area contributed by atoms with Crippen molar-refractivity contribution in [3.8, 4) is 11.5 Å². The van der Waals surface area contributed by atoms with Crippen LogP contribution in [-0.2, 0) is 6.54 Å². The molecule has 0 saturated heterocycles. The lowest BCUT2D eigenvalue weighted by Gasteiger charge is -2.08. The highest BCUT2D eigenvalue weighted by molar-refractivity contribution is 6.30. The average Bonchev–Trinajstić information content (AvgIpc) is 2.95. The summed E-state index contributed by atoms with van der Waals surface area (Å²) in [6.07, 6.45) is 5.51. The molecule has 1 aromatic heterocycles. The highest BCUT2D eigenvalue weighted by atomic mass is 35.5. The fraction of sp³-hybridized carbons (Fsp3) is 0.0625. The summed E-state index contributed by atoms with van der Waals surface area (Å²) in [7, 11) is 0. The van der Waals surface area contributed by atoms with Crippen molar-refractivity contribution in [3.05, 3.63) is 77.8 Å². The summed E-state index contributed by atoms with van der Waals surface area (Å²) in [5.41, 5.74) is 1.16. The molecule has 0 aliphatic rings. The number of hydrogen-bond donors (Lipinski definition) is 0. The van der Waals surface area contributed by atoms with E-state index in [1.807, 2.05) is 53.2 Å².